The minimum atomic E-state index is 0.0671. The molecule has 0 atom stereocenters. The third-order valence-corrected chi connectivity index (χ3v) is 3.24. The van der Waals surface area contributed by atoms with Gasteiger partial charge in [-0.15, -0.1) is 0 Å². The maximum Gasteiger partial charge on any atom is 0.176 e. The zero-order valence-electron chi connectivity index (χ0n) is 8.91. The molecule has 2 heteroatoms. The number of nitrogens with two attached hydrogens (primary N) is 1. The second-order valence-corrected chi connectivity index (χ2v) is 4.20. The summed E-state index contributed by atoms with van der Waals surface area (Å²) in [5, 5.41) is 0. The fraction of sp³-hybridized carbons (Fsp3) is 0.462. The second kappa shape index (κ2) is 4.58. The molecule has 1 saturated carbocycles. The van der Waals surface area contributed by atoms with E-state index in [1.54, 1.807) is 0 Å². The Morgan fingerprint density at radius 1 is 1.27 bits per heavy atom. The molecule has 0 bridgehead atoms. The first kappa shape index (κ1) is 10.4. The highest BCUT2D eigenvalue weighted by atomic mass is 16.1. The summed E-state index contributed by atoms with van der Waals surface area (Å²) in [6, 6.07) is 7.92. The second-order valence-electron chi connectivity index (χ2n) is 4.20. The molecule has 1 aromatic carbocycles. The molecule has 2 nitrogen and oxygen atoms in total. The lowest BCUT2D eigenvalue weighted by Gasteiger charge is -2.13. The standard InChI is InChI=1S/C13H17NO/c14-9-13(15)12-8-4-3-7-11(12)10-5-1-2-6-10/h3-4,7-8,10H,1-2,5-6,9,14H2. The molecule has 0 aliphatic heterocycles. The molecule has 0 unspecified atom stereocenters. The molecule has 1 aliphatic rings. The van der Waals surface area contributed by atoms with Gasteiger partial charge >= 0.3 is 0 Å². The van der Waals surface area contributed by atoms with Crippen LogP contribution in [-0.4, -0.2) is 12.3 Å². The van der Waals surface area contributed by atoms with Crippen LogP contribution in [0.1, 0.15) is 47.5 Å². The Morgan fingerprint density at radius 2 is 1.93 bits per heavy atom. The smallest absolute Gasteiger partial charge is 0.176 e. The third-order valence-electron chi connectivity index (χ3n) is 3.24. The number of hydrogen-bond donors (Lipinski definition) is 1. The van der Waals surface area contributed by atoms with Crippen molar-refractivity contribution in [1.82, 2.24) is 0 Å². The quantitative estimate of drug-likeness (QED) is 0.767. The molecule has 1 fully saturated rings. The first-order valence-electron chi connectivity index (χ1n) is 5.65. The highest BCUT2D eigenvalue weighted by Gasteiger charge is 2.21. The normalized spacial score (nSPS) is 16.9. The van der Waals surface area contributed by atoms with Crippen molar-refractivity contribution in [1.29, 1.82) is 0 Å². The lowest BCUT2D eigenvalue weighted by Crippen LogP contribution is -2.16. The summed E-state index contributed by atoms with van der Waals surface area (Å²) < 4.78 is 0. The number of rotatable bonds is 3. The van der Waals surface area contributed by atoms with Crippen LogP contribution in [0.5, 0.6) is 0 Å². The molecule has 0 saturated heterocycles. The van der Waals surface area contributed by atoms with E-state index >= 15 is 0 Å². The minimum Gasteiger partial charge on any atom is -0.324 e. The van der Waals surface area contributed by atoms with Gasteiger partial charge in [0.2, 0.25) is 0 Å². The molecule has 1 aliphatic carbocycles. The van der Waals surface area contributed by atoms with Gasteiger partial charge in [0.15, 0.2) is 5.78 Å². The van der Waals surface area contributed by atoms with Crippen LogP contribution >= 0.6 is 0 Å². The van der Waals surface area contributed by atoms with Gasteiger partial charge < -0.3 is 5.73 Å². The molecule has 0 amide bonds. The number of Topliss-reactive ketones (excluding diaryl/α,β-unsaturated/α-hetero) is 1. The van der Waals surface area contributed by atoms with Crippen molar-refractivity contribution in [2.75, 3.05) is 6.54 Å². The van der Waals surface area contributed by atoms with E-state index in [1.165, 1.54) is 31.2 Å². The van der Waals surface area contributed by atoms with Crippen LogP contribution in [0.2, 0.25) is 0 Å². The summed E-state index contributed by atoms with van der Waals surface area (Å²) >= 11 is 0. The molecule has 0 aromatic heterocycles. The molecule has 0 heterocycles. The van der Waals surface area contributed by atoms with E-state index in [-0.39, 0.29) is 12.3 Å². The number of hydrogen-bond acceptors (Lipinski definition) is 2. The molecular formula is C13H17NO. The fourth-order valence-electron chi connectivity index (χ4n) is 2.45. The van der Waals surface area contributed by atoms with E-state index in [0.29, 0.717) is 5.92 Å². The van der Waals surface area contributed by atoms with Crippen molar-refractivity contribution in [2.24, 2.45) is 5.73 Å². The van der Waals surface area contributed by atoms with Gasteiger partial charge in [0, 0.05) is 5.56 Å². The third kappa shape index (κ3) is 2.10. The van der Waals surface area contributed by atoms with Crippen LogP contribution in [0.25, 0.3) is 0 Å². The zero-order valence-corrected chi connectivity index (χ0v) is 8.91. The largest absolute Gasteiger partial charge is 0.324 e. The number of ketones is 1. The van der Waals surface area contributed by atoms with Crippen LogP contribution in [0.3, 0.4) is 0 Å². The first-order chi connectivity index (χ1) is 7.33. The number of carbonyl (C=O) groups excluding carboxylic acids is 1. The molecule has 2 rings (SSSR count). The van der Waals surface area contributed by atoms with Gasteiger partial charge in [0.25, 0.3) is 0 Å². The average Bonchev–Trinajstić information content (AvgIpc) is 2.81. The monoisotopic (exact) mass is 203 g/mol. The minimum absolute atomic E-state index is 0.0671. The fourth-order valence-corrected chi connectivity index (χ4v) is 2.45. The predicted molar refractivity (Wildman–Crippen MR) is 61.0 cm³/mol. The van der Waals surface area contributed by atoms with Crippen molar-refractivity contribution in [3.05, 3.63) is 35.4 Å². The van der Waals surface area contributed by atoms with Crippen LogP contribution in [-0.2, 0) is 0 Å². The molecule has 0 spiro atoms. The van der Waals surface area contributed by atoms with Crippen molar-refractivity contribution in [2.45, 2.75) is 31.6 Å². The van der Waals surface area contributed by atoms with E-state index in [2.05, 4.69) is 6.07 Å². The van der Waals surface area contributed by atoms with Gasteiger partial charge in [0.1, 0.15) is 0 Å². The SMILES string of the molecule is NCC(=O)c1ccccc1C1CCCC1. The van der Waals surface area contributed by atoms with Crippen LogP contribution in [0.4, 0.5) is 0 Å². The average molecular weight is 203 g/mol. The molecule has 80 valence electrons. The Balaban J connectivity index is 2.32. The molecule has 1 aromatic rings. The van der Waals surface area contributed by atoms with Crippen LogP contribution in [0, 0.1) is 0 Å². The van der Waals surface area contributed by atoms with Crippen LogP contribution < -0.4 is 5.73 Å². The van der Waals surface area contributed by atoms with Gasteiger partial charge in [-0.1, -0.05) is 37.1 Å². The zero-order chi connectivity index (χ0) is 10.7. The summed E-state index contributed by atoms with van der Waals surface area (Å²) in [4.78, 5) is 11.7. The maximum absolute atomic E-state index is 11.7. The van der Waals surface area contributed by atoms with E-state index in [4.69, 9.17) is 5.73 Å². The van der Waals surface area contributed by atoms with E-state index in [0.717, 1.165) is 5.56 Å². The van der Waals surface area contributed by atoms with Gasteiger partial charge in [0.05, 0.1) is 6.54 Å². The van der Waals surface area contributed by atoms with E-state index in [1.807, 2.05) is 18.2 Å². The summed E-state index contributed by atoms with van der Waals surface area (Å²) in [6.07, 6.45) is 5.01. The summed E-state index contributed by atoms with van der Waals surface area (Å²) in [7, 11) is 0. The Bertz CT molecular complexity index is 353. The van der Waals surface area contributed by atoms with Gasteiger partial charge in [-0.25, -0.2) is 0 Å². The topological polar surface area (TPSA) is 43.1 Å². The van der Waals surface area contributed by atoms with Crippen LogP contribution in [0.15, 0.2) is 24.3 Å². The highest BCUT2D eigenvalue weighted by Crippen LogP contribution is 2.35. The van der Waals surface area contributed by atoms with Crippen molar-refractivity contribution < 1.29 is 4.79 Å². The predicted octanol–water partition coefficient (Wildman–Crippen LogP) is 2.49. The Morgan fingerprint density at radius 3 is 2.60 bits per heavy atom. The van der Waals surface area contributed by atoms with Gasteiger partial charge in [-0.05, 0) is 24.3 Å². The van der Waals surface area contributed by atoms with E-state index in [9.17, 15) is 4.79 Å². The van der Waals surface area contributed by atoms with E-state index < -0.39 is 0 Å². The van der Waals surface area contributed by atoms with Gasteiger partial charge in [-0.3, -0.25) is 4.79 Å². The lowest BCUT2D eigenvalue weighted by molar-refractivity contribution is 0.1000. The number of carbonyl (C=O) groups is 1. The van der Waals surface area contributed by atoms with Crippen molar-refractivity contribution in [3.63, 3.8) is 0 Å². The molecule has 0 radical (unpaired) electrons. The Kier molecular flexibility index (Phi) is 3.17. The Hall–Kier alpha value is -1.15. The summed E-state index contributed by atoms with van der Waals surface area (Å²) in [5.41, 5.74) is 7.48. The maximum atomic E-state index is 11.7. The number of benzene rings is 1. The Labute approximate surface area is 90.5 Å². The highest BCUT2D eigenvalue weighted by molar-refractivity contribution is 5.99. The molecular weight excluding hydrogens is 186 g/mol. The molecule has 15 heavy (non-hydrogen) atoms. The summed E-state index contributed by atoms with van der Waals surface area (Å²) in [5.74, 6) is 0.647. The first-order valence-corrected chi connectivity index (χ1v) is 5.65. The van der Waals surface area contributed by atoms with Gasteiger partial charge in [-0.2, -0.15) is 0 Å². The van der Waals surface area contributed by atoms with Crippen molar-refractivity contribution >= 4 is 5.78 Å². The molecule has 2 N–H and O–H groups in total. The summed E-state index contributed by atoms with van der Waals surface area (Å²) in [6.45, 7) is 0.115. The van der Waals surface area contributed by atoms with Crippen molar-refractivity contribution in [3.8, 4) is 0 Å². The lowest BCUT2D eigenvalue weighted by atomic mass is 9.91.